The van der Waals surface area contributed by atoms with Gasteiger partial charge in [0.15, 0.2) is 0 Å². The number of halogens is 2. The molecule has 0 spiro atoms. The summed E-state index contributed by atoms with van der Waals surface area (Å²) in [6.07, 6.45) is 7.35. The zero-order valence-corrected chi connectivity index (χ0v) is 12.3. The van der Waals surface area contributed by atoms with E-state index >= 15 is 0 Å². The first-order valence-corrected chi connectivity index (χ1v) is 6.52. The Labute approximate surface area is 127 Å². The van der Waals surface area contributed by atoms with Gasteiger partial charge in [-0.1, -0.05) is 29.1 Å². The Bertz CT molecular complexity index is 710. The predicted octanol–water partition coefficient (Wildman–Crippen LogP) is 2.94. The number of hydrogen-bond donors (Lipinski definition) is 1. The summed E-state index contributed by atoms with van der Waals surface area (Å²) < 4.78 is 1.81. The highest BCUT2D eigenvalue weighted by molar-refractivity contribution is 6.36. The topological polar surface area (TPSA) is 56.2 Å². The molecular formula is C14H12Cl2N4. The summed E-state index contributed by atoms with van der Waals surface area (Å²) in [6.45, 7) is 0. The lowest BCUT2D eigenvalue weighted by Crippen LogP contribution is -2.17. The number of nitrogens with zero attached hydrogens (tertiary/aromatic N) is 3. The highest BCUT2D eigenvalue weighted by atomic mass is 35.5. The van der Waals surface area contributed by atoms with Gasteiger partial charge in [-0.25, -0.2) is 9.98 Å². The smallest absolute Gasteiger partial charge is 0.149 e. The maximum Gasteiger partial charge on any atom is 0.149 e. The molecule has 1 heterocycles. The number of amidine groups is 1. The molecule has 1 aromatic carbocycles. The first-order valence-electron chi connectivity index (χ1n) is 5.76. The largest absolute Gasteiger partial charge is 0.382 e. The molecule has 0 bridgehead atoms. The van der Waals surface area contributed by atoms with Crippen LogP contribution >= 0.6 is 23.2 Å². The number of aliphatic imine (C=N–C) groups is 1. The molecule has 0 saturated carbocycles. The highest BCUT2D eigenvalue weighted by Gasteiger charge is 2.10. The molecule has 0 aliphatic rings. The van der Waals surface area contributed by atoms with Gasteiger partial charge in [-0.2, -0.15) is 0 Å². The minimum atomic E-state index is 0.312. The van der Waals surface area contributed by atoms with E-state index in [-0.39, 0.29) is 0 Å². The normalized spacial score (nSPS) is 11.4. The second kappa shape index (κ2) is 6.00. The third kappa shape index (κ3) is 2.96. The van der Waals surface area contributed by atoms with Crippen LogP contribution in [0.2, 0.25) is 10.0 Å². The van der Waals surface area contributed by atoms with Gasteiger partial charge in [-0.3, -0.25) is 0 Å². The summed E-state index contributed by atoms with van der Waals surface area (Å²) in [4.78, 5) is 8.51. The van der Waals surface area contributed by atoms with Crippen molar-refractivity contribution in [2.75, 3.05) is 0 Å². The van der Waals surface area contributed by atoms with Crippen molar-refractivity contribution in [2.24, 2.45) is 17.8 Å². The maximum absolute atomic E-state index is 6.06. The van der Waals surface area contributed by atoms with Crippen LogP contribution < -0.4 is 5.73 Å². The van der Waals surface area contributed by atoms with Crippen molar-refractivity contribution >= 4 is 34.7 Å². The fourth-order valence-electron chi connectivity index (χ4n) is 1.70. The Morgan fingerprint density at radius 1 is 1.50 bits per heavy atom. The SMILES string of the molecule is C#CCc1ncc(C(N)=Nc2ccc(Cl)cc2Cl)n1C. The molecule has 20 heavy (non-hydrogen) atoms. The highest BCUT2D eigenvalue weighted by Crippen LogP contribution is 2.28. The van der Waals surface area contributed by atoms with E-state index in [2.05, 4.69) is 15.9 Å². The molecule has 2 aromatic rings. The number of nitrogens with two attached hydrogens (primary N) is 1. The van der Waals surface area contributed by atoms with Gasteiger partial charge in [0.05, 0.1) is 23.3 Å². The molecule has 1 aromatic heterocycles. The zero-order chi connectivity index (χ0) is 14.7. The second-order valence-electron chi connectivity index (χ2n) is 4.09. The van der Waals surface area contributed by atoms with Gasteiger partial charge in [-0.05, 0) is 18.2 Å². The molecule has 0 amide bonds. The molecule has 0 unspecified atom stereocenters. The summed E-state index contributed by atoms with van der Waals surface area (Å²) >= 11 is 11.9. The quantitative estimate of drug-likeness (QED) is 0.538. The van der Waals surface area contributed by atoms with Crippen molar-refractivity contribution in [3.8, 4) is 12.3 Å². The maximum atomic E-state index is 6.06. The van der Waals surface area contributed by atoms with E-state index in [0.29, 0.717) is 33.7 Å². The van der Waals surface area contributed by atoms with Crippen LogP contribution in [0.1, 0.15) is 11.5 Å². The summed E-state index contributed by atoms with van der Waals surface area (Å²) in [5.74, 6) is 3.61. The lowest BCUT2D eigenvalue weighted by molar-refractivity contribution is 0.827. The lowest BCUT2D eigenvalue weighted by Gasteiger charge is -2.05. The van der Waals surface area contributed by atoms with Gasteiger partial charge in [0, 0.05) is 12.1 Å². The van der Waals surface area contributed by atoms with Crippen molar-refractivity contribution in [3.05, 3.63) is 46.0 Å². The molecule has 102 valence electrons. The Kier molecular flexibility index (Phi) is 4.33. The molecule has 0 saturated heterocycles. The van der Waals surface area contributed by atoms with Crippen molar-refractivity contribution < 1.29 is 0 Å². The molecule has 0 aliphatic heterocycles. The Balaban J connectivity index is 2.38. The van der Waals surface area contributed by atoms with E-state index in [1.54, 1.807) is 24.4 Å². The Morgan fingerprint density at radius 3 is 2.90 bits per heavy atom. The number of benzene rings is 1. The summed E-state index contributed by atoms with van der Waals surface area (Å²) in [7, 11) is 1.83. The molecular weight excluding hydrogens is 295 g/mol. The summed E-state index contributed by atoms with van der Waals surface area (Å²) in [5.41, 5.74) is 7.22. The van der Waals surface area contributed by atoms with Crippen LogP contribution in [0.5, 0.6) is 0 Å². The van der Waals surface area contributed by atoms with E-state index in [4.69, 9.17) is 35.4 Å². The van der Waals surface area contributed by atoms with E-state index in [1.807, 2.05) is 11.6 Å². The van der Waals surface area contributed by atoms with Crippen LogP contribution in [0.25, 0.3) is 0 Å². The van der Waals surface area contributed by atoms with Gasteiger partial charge >= 0.3 is 0 Å². The fourth-order valence-corrected chi connectivity index (χ4v) is 2.15. The molecule has 2 rings (SSSR count). The summed E-state index contributed by atoms with van der Waals surface area (Å²) in [5, 5.41) is 0.982. The van der Waals surface area contributed by atoms with Crippen molar-refractivity contribution in [1.82, 2.24) is 9.55 Å². The molecule has 0 atom stereocenters. The Hall–Kier alpha value is -1.96. The Morgan fingerprint density at radius 2 is 2.25 bits per heavy atom. The lowest BCUT2D eigenvalue weighted by atomic mass is 10.3. The monoisotopic (exact) mass is 306 g/mol. The third-order valence-electron chi connectivity index (χ3n) is 2.76. The van der Waals surface area contributed by atoms with Crippen molar-refractivity contribution in [2.45, 2.75) is 6.42 Å². The number of terminal acetylenes is 1. The second-order valence-corrected chi connectivity index (χ2v) is 4.94. The standard InChI is InChI=1S/C14H12Cl2N4/c1-3-4-13-18-8-12(20(13)2)14(17)19-11-6-5-9(15)7-10(11)16/h1,5-8H,4H2,2H3,(H2,17,19). The molecule has 2 N–H and O–H groups in total. The van der Waals surface area contributed by atoms with E-state index < -0.39 is 0 Å². The van der Waals surface area contributed by atoms with Crippen LogP contribution in [0, 0.1) is 12.3 Å². The first-order chi connectivity index (χ1) is 9.52. The number of hydrogen-bond acceptors (Lipinski definition) is 2. The minimum Gasteiger partial charge on any atom is -0.382 e. The number of imidazole rings is 1. The summed E-state index contributed by atoms with van der Waals surface area (Å²) in [6, 6.07) is 5.02. The number of aromatic nitrogens is 2. The van der Waals surface area contributed by atoms with Crippen LogP contribution in [-0.4, -0.2) is 15.4 Å². The van der Waals surface area contributed by atoms with Crippen molar-refractivity contribution in [3.63, 3.8) is 0 Å². The van der Waals surface area contributed by atoms with Crippen LogP contribution in [0.3, 0.4) is 0 Å². The third-order valence-corrected chi connectivity index (χ3v) is 3.30. The van der Waals surface area contributed by atoms with E-state index in [1.165, 1.54) is 0 Å². The fraction of sp³-hybridized carbons (Fsp3) is 0.143. The zero-order valence-electron chi connectivity index (χ0n) is 10.8. The molecule has 0 radical (unpaired) electrons. The molecule has 0 aliphatic carbocycles. The van der Waals surface area contributed by atoms with Gasteiger partial charge < -0.3 is 10.3 Å². The average molecular weight is 307 g/mol. The average Bonchev–Trinajstić information content (AvgIpc) is 2.75. The predicted molar refractivity (Wildman–Crippen MR) is 82.6 cm³/mol. The number of rotatable bonds is 3. The van der Waals surface area contributed by atoms with Crippen LogP contribution in [-0.2, 0) is 13.5 Å². The van der Waals surface area contributed by atoms with Gasteiger partial charge in [0.1, 0.15) is 17.4 Å². The van der Waals surface area contributed by atoms with Gasteiger partial charge in [-0.15, -0.1) is 6.42 Å². The molecule has 0 fully saturated rings. The van der Waals surface area contributed by atoms with Crippen LogP contribution in [0.4, 0.5) is 5.69 Å². The first kappa shape index (κ1) is 14.4. The molecule has 4 nitrogen and oxygen atoms in total. The van der Waals surface area contributed by atoms with Crippen LogP contribution in [0.15, 0.2) is 29.4 Å². The molecule has 6 heteroatoms. The van der Waals surface area contributed by atoms with Gasteiger partial charge in [0.2, 0.25) is 0 Å². The van der Waals surface area contributed by atoms with E-state index in [9.17, 15) is 0 Å². The van der Waals surface area contributed by atoms with Gasteiger partial charge in [0.25, 0.3) is 0 Å². The van der Waals surface area contributed by atoms with E-state index in [0.717, 1.165) is 5.82 Å². The van der Waals surface area contributed by atoms with Crippen molar-refractivity contribution in [1.29, 1.82) is 0 Å². The minimum absolute atomic E-state index is 0.312.